The van der Waals surface area contributed by atoms with E-state index in [-0.39, 0.29) is 5.91 Å². The van der Waals surface area contributed by atoms with Gasteiger partial charge in [-0.2, -0.15) is 0 Å². The van der Waals surface area contributed by atoms with Gasteiger partial charge in [-0.15, -0.1) is 10.2 Å². The molecule has 0 saturated heterocycles. The Kier molecular flexibility index (Phi) is 4.65. The van der Waals surface area contributed by atoms with Crippen molar-refractivity contribution in [2.75, 3.05) is 12.4 Å². The fourth-order valence-electron chi connectivity index (χ4n) is 1.94. The summed E-state index contributed by atoms with van der Waals surface area (Å²) >= 11 is 0. The van der Waals surface area contributed by atoms with E-state index >= 15 is 0 Å². The van der Waals surface area contributed by atoms with Crippen LogP contribution in [0.4, 0.5) is 5.82 Å². The molecule has 1 aromatic heterocycles. The molecule has 0 aliphatic rings. The average Bonchev–Trinajstić information content (AvgIpc) is 2.53. The first-order valence-electron chi connectivity index (χ1n) is 6.61. The SMILES string of the molecule is CCc1ccccc1CNc1ccc(C(=O)NC)nn1. The third-order valence-corrected chi connectivity index (χ3v) is 3.08. The van der Waals surface area contributed by atoms with E-state index in [1.54, 1.807) is 19.2 Å². The quantitative estimate of drug-likeness (QED) is 0.872. The fraction of sp³-hybridized carbons (Fsp3) is 0.267. The molecule has 104 valence electrons. The van der Waals surface area contributed by atoms with Crippen LogP contribution in [0.15, 0.2) is 36.4 Å². The van der Waals surface area contributed by atoms with Crippen molar-refractivity contribution in [2.45, 2.75) is 19.9 Å². The van der Waals surface area contributed by atoms with Gasteiger partial charge in [0.25, 0.3) is 5.91 Å². The van der Waals surface area contributed by atoms with Crippen LogP contribution in [0.2, 0.25) is 0 Å². The lowest BCUT2D eigenvalue weighted by Crippen LogP contribution is -2.19. The molecule has 1 aromatic carbocycles. The molecule has 0 fully saturated rings. The summed E-state index contributed by atoms with van der Waals surface area (Å²) in [6.45, 7) is 2.83. The van der Waals surface area contributed by atoms with E-state index < -0.39 is 0 Å². The van der Waals surface area contributed by atoms with Crippen molar-refractivity contribution in [1.29, 1.82) is 0 Å². The fourth-order valence-corrected chi connectivity index (χ4v) is 1.94. The topological polar surface area (TPSA) is 66.9 Å². The lowest BCUT2D eigenvalue weighted by atomic mass is 10.1. The van der Waals surface area contributed by atoms with Crippen LogP contribution in [0, 0.1) is 0 Å². The third kappa shape index (κ3) is 3.32. The van der Waals surface area contributed by atoms with Crippen LogP contribution in [0.3, 0.4) is 0 Å². The lowest BCUT2D eigenvalue weighted by molar-refractivity contribution is 0.0957. The normalized spacial score (nSPS) is 10.1. The highest BCUT2D eigenvalue weighted by Gasteiger charge is 2.05. The monoisotopic (exact) mass is 270 g/mol. The van der Waals surface area contributed by atoms with E-state index in [9.17, 15) is 4.79 Å². The molecule has 0 aliphatic carbocycles. The number of aryl methyl sites for hydroxylation is 1. The van der Waals surface area contributed by atoms with Crippen molar-refractivity contribution in [1.82, 2.24) is 15.5 Å². The van der Waals surface area contributed by atoms with Gasteiger partial charge in [-0.05, 0) is 29.7 Å². The number of aromatic nitrogens is 2. The Labute approximate surface area is 118 Å². The first-order valence-corrected chi connectivity index (χ1v) is 6.61. The molecule has 0 bridgehead atoms. The Bertz CT molecular complexity index is 581. The predicted molar refractivity (Wildman–Crippen MR) is 78.6 cm³/mol. The second-order valence-corrected chi connectivity index (χ2v) is 4.36. The number of benzene rings is 1. The van der Waals surface area contributed by atoms with E-state index in [0.717, 1.165) is 6.42 Å². The molecule has 20 heavy (non-hydrogen) atoms. The van der Waals surface area contributed by atoms with Crippen LogP contribution in [0.5, 0.6) is 0 Å². The van der Waals surface area contributed by atoms with Crippen LogP contribution in [0.1, 0.15) is 28.5 Å². The summed E-state index contributed by atoms with van der Waals surface area (Å²) in [4.78, 5) is 11.4. The zero-order valence-electron chi connectivity index (χ0n) is 11.7. The molecular weight excluding hydrogens is 252 g/mol. The second-order valence-electron chi connectivity index (χ2n) is 4.36. The maximum atomic E-state index is 11.4. The van der Waals surface area contributed by atoms with E-state index in [2.05, 4.69) is 39.9 Å². The third-order valence-electron chi connectivity index (χ3n) is 3.08. The van der Waals surface area contributed by atoms with Crippen LogP contribution >= 0.6 is 0 Å². The minimum absolute atomic E-state index is 0.236. The molecule has 5 nitrogen and oxygen atoms in total. The van der Waals surface area contributed by atoms with E-state index in [1.165, 1.54) is 11.1 Å². The van der Waals surface area contributed by atoms with Gasteiger partial charge in [0.2, 0.25) is 0 Å². The van der Waals surface area contributed by atoms with Crippen molar-refractivity contribution in [3.63, 3.8) is 0 Å². The van der Waals surface area contributed by atoms with Crippen molar-refractivity contribution < 1.29 is 4.79 Å². The maximum absolute atomic E-state index is 11.4. The Morgan fingerprint density at radius 2 is 1.85 bits per heavy atom. The molecule has 0 radical (unpaired) electrons. The molecule has 1 heterocycles. The molecule has 0 aliphatic heterocycles. The van der Waals surface area contributed by atoms with Gasteiger partial charge in [-0.3, -0.25) is 4.79 Å². The Morgan fingerprint density at radius 3 is 2.45 bits per heavy atom. The van der Waals surface area contributed by atoms with Gasteiger partial charge >= 0.3 is 0 Å². The zero-order chi connectivity index (χ0) is 14.4. The number of carbonyl (C=O) groups excluding carboxylic acids is 1. The van der Waals surface area contributed by atoms with E-state index in [4.69, 9.17) is 0 Å². The number of carbonyl (C=O) groups is 1. The summed E-state index contributed by atoms with van der Waals surface area (Å²) in [6.07, 6.45) is 0.999. The predicted octanol–water partition coefficient (Wildman–Crippen LogP) is 2.01. The van der Waals surface area contributed by atoms with Gasteiger partial charge in [0.1, 0.15) is 5.82 Å². The molecule has 0 atom stereocenters. The Hall–Kier alpha value is -2.43. The van der Waals surface area contributed by atoms with Crippen LogP contribution in [-0.4, -0.2) is 23.2 Å². The lowest BCUT2D eigenvalue weighted by Gasteiger charge is -2.09. The number of hydrogen-bond acceptors (Lipinski definition) is 4. The van der Waals surface area contributed by atoms with E-state index in [0.29, 0.717) is 18.1 Å². The summed E-state index contributed by atoms with van der Waals surface area (Å²) < 4.78 is 0. The number of anilines is 1. The molecule has 0 spiro atoms. The summed E-state index contributed by atoms with van der Waals surface area (Å²) in [7, 11) is 1.57. The maximum Gasteiger partial charge on any atom is 0.271 e. The summed E-state index contributed by atoms with van der Waals surface area (Å²) in [6, 6.07) is 11.7. The van der Waals surface area contributed by atoms with Crippen molar-refractivity contribution in [2.24, 2.45) is 0 Å². The van der Waals surface area contributed by atoms with Gasteiger partial charge in [0.15, 0.2) is 5.69 Å². The van der Waals surface area contributed by atoms with Crippen LogP contribution < -0.4 is 10.6 Å². The van der Waals surface area contributed by atoms with Crippen molar-refractivity contribution in [3.05, 3.63) is 53.2 Å². The number of hydrogen-bond donors (Lipinski definition) is 2. The van der Waals surface area contributed by atoms with Gasteiger partial charge in [0, 0.05) is 13.6 Å². The highest BCUT2D eigenvalue weighted by molar-refractivity contribution is 5.91. The molecule has 0 saturated carbocycles. The Morgan fingerprint density at radius 1 is 1.10 bits per heavy atom. The molecule has 1 amide bonds. The van der Waals surface area contributed by atoms with E-state index in [1.807, 2.05) is 12.1 Å². The number of amides is 1. The van der Waals surface area contributed by atoms with Crippen molar-refractivity contribution in [3.8, 4) is 0 Å². The number of rotatable bonds is 5. The van der Waals surface area contributed by atoms with Gasteiger partial charge < -0.3 is 10.6 Å². The number of nitrogens with one attached hydrogen (secondary N) is 2. The average molecular weight is 270 g/mol. The standard InChI is InChI=1S/C15H18N4O/c1-3-11-6-4-5-7-12(11)10-17-14-9-8-13(18-19-14)15(20)16-2/h4-9H,3,10H2,1-2H3,(H,16,20)(H,17,19). The number of nitrogens with zero attached hydrogens (tertiary/aromatic N) is 2. The Balaban J connectivity index is 2.02. The first kappa shape index (κ1) is 14.0. The highest BCUT2D eigenvalue weighted by atomic mass is 16.1. The second kappa shape index (κ2) is 6.65. The summed E-state index contributed by atoms with van der Waals surface area (Å²) in [5.74, 6) is 0.420. The van der Waals surface area contributed by atoms with Gasteiger partial charge in [-0.25, -0.2) is 0 Å². The molecule has 5 heteroatoms. The molecular formula is C15H18N4O. The smallest absolute Gasteiger partial charge is 0.271 e. The van der Waals surface area contributed by atoms with Gasteiger partial charge in [0.05, 0.1) is 0 Å². The van der Waals surface area contributed by atoms with Gasteiger partial charge in [-0.1, -0.05) is 31.2 Å². The zero-order valence-corrected chi connectivity index (χ0v) is 11.7. The first-order chi connectivity index (χ1) is 9.74. The molecule has 2 aromatic rings. The highest BCUT2D eigenvalue weighted by Crippen LogP contribution is 2.11. The van der Waals surface area contributed by atoms with Crippen molar-refractivity contribution >= 4 is 11.7 Å². The summed E-state index contributed by atoms with van der Waals surface area (Å²) in [5, 5.41) is 13.6. The molecule has 2 N–H and O–H groups in total. The van der Waals surface area contributed by atoms with Crippen LogP contribution in [0.25, 0.3) is 0 Å². The molecule has 0 unspecified atom stereocenters. The largest absolute Gasteiger partial charge is 0.364 e. The van der Waals surface area contributed by atoms with Crippen LogP contribution in [-0.2, 0) is 13.0 Å². The minimum atomic E-state index is -0.236. The minimum Gasteiger partial charge on any atom is -0.364 e. The summed E-state index contributed by atoms with van der Waals surface area (Å²) in [5.41, 5.74) is 2.87. The molecule has 2 rings (SSSR count).